The monoisotopic (exact) mass is 230 g/mol. The van der Waals surface area contributed by atoms with Crippen molar-refractivity contribution in [2.75, 3.05) is 18.4 Å². The molecule has 0 radical (unpaired) electrons. The van der Waals surface area contributed by atoms with Gasteiger partial charge in [-0.1, -0.05) is 0 Å². The van der Waals surface area contributed by atoms with Crippen molar-refractivity contribution < 1.29 is 0 Å². The summed E-state index contributed by atoms with van der Waals surface area (Å²) in [5.41, 5.74) is 8.97. The highest BCUT2D eigenvalue weighted by atomic mass is 15.0. The Kier molecular flexibility index (Phi) is 3.54. The van der Waals surface area contributed by atoms with E-state index in [0.717, 1.165) is 29.7 Å². The number of aromatic nitrogens is 2. The fraction of sp³-hybridized carbons (Fsp3) is 0.385. The van der Waals surface area contributed by atoms with E-state index in [2.05, 4.69) is 41.3 Å². The molecular formula is C13H18N4. The number of anilines is 1. The van der Waals surface area contributed by atoms with Crippen LogP contribution in [0.2, 0.25) is 0 Å². The lowest BCUT2D eigenvalue weighted by atomic mass is 10.1. The Morgan fingerprint density at radius 1 is 1.18 bits per heavy atom. The lowest BCUT2D eigenvalue weighted by Crippen LogP contribution is -2.09. The van der Waals surface area contributed by atoms with Gasteiger partial charge in [0, 0.05) is 11.9 Å². The van der Waals surface area contributed by atoms with Crippen LogP contribution in [0.4, 0.5) is 5.82 Å². The molecule has 0 amide bonds. The largest absolute Gasteiger partial charge is 0.369 e. The summed E-state index contributed by atoms with van der Waals surface area (Å²) < 4.78 is 0. The van der Waals surface area contributed by atoms with E-state index in [9.17, 15) is 0 Å². The van der Waals surface area contributed by atoms with E-state index in [4.69, 9.17) is 5.73 Å². The Balaban J connectivity index is 2.38. The fourth-order valence-electron chi connectivity index (χ4n) is 1.77. The molecule has 0 aliphatic rings. The Morgan fingerprint density at radius 3 is 2.71 bits per heavy atom. The smallest absolute Gasteiger partial charge is 0.137 e. The van der Waals surface area contributed by atoms with Crippen molar-refractivity contribution in [1.29, 1.82) is 0 Å². The van der Waals surface area contributed by atoms with Crippen molar-refractivity contribution in [2.24, 2.45) is 5.73 Å². The molecule has 90 valence electrons. The van der Waals surface area contributed by atoms with Crippen LogP contribution in [0.3, 0.4) is 0 Å². The third kappa shape index (κ3) is 2.53. The zero-order chi connectivity index (χ0) is 12.3. The maximum Gasteiger partial charge on any atom is 0.137 e. The van der Waals surface area contributed by atoms with Crippen LogP contribution in [0.15, 0.2) is 18.5 Å². The number of hydrogen-bond acceptors (Lipinski definition) is 4. The van der Waals surface area contributed by atoms with Crippen LogP contribution >= 0.6 is 0 Å². The van der Waals surface area contributed by atoms with Gasteiger partial charge < -0.3 is 11.1 Å². The molecule has 0 bridgehead atoms. The standard InChI is InChI=1S/C13H18N4/c1-9-6-11-12(7-10(9)2)16-8-17-13(11)15-5-3-4-14/h6-8H,3-5,14H2,1-2H3,(H,15,16,17). The maximum absolute atomic E-state index is 5.48. The molecular weight excluding hydrogens is 212 g/mol. The first-order valence-corrected chi connectivity index (χ1v) is 5.88. The van der Waals surface area contributed by atoms with E-state index in [0.29, 0.717) is 6.54 Å². The number of hydrogen-bond donors (Lipinski definition) is 2. The minimum Gasteiger partial charge on any atom is -0.369 e. The van der Waals surface area contributed by atoms with Crippen molar-refractivity contribution in [1.82, 2.24) is 9.97 Å². The summed E-state index contributed by atoms with van der Waals surface area (Å²) >= 11 is 0. The predicted molar refractivity (Wildman–Crippen MR) is 71.2 cm³/mol. The van der Waals surface area contributed by atoms with E-state index >= 15 is 0 Å². The first-order chi connectivity index (χ1) is 8.22. The zero-order valence-corrected chi connectivity index (χ0v) is 10.3. The first kappa shape index (κ1) is 11.8. The summed E-state index contributed by atoms with van der Waals surface area (Å²) in [5, 5.41) is 4.38. The lowest BCUT2D eigenvalue weighted by molar-refractivity contribution is 0.870. The van der Waals surface area contributed by atoms with Gasteiger partial charge >= 0.3 is 0 Å². The molecule has 0 spiro atoms. The van der Waals surface area contributed by atoms with Gasteiger partial charge in [-0.25, -0.2) is 9.97 Å². The van der Waals surface area contributed by atoms with Crippen molar-refractivity contribution in [2.45, 2.75) is 20.3 Å². The molecule has 1 aromatic heterocycles. The van der Waals surface area contributed by atoms with E-state index in [1.807, 2.05) is 0 Å². The fourth-order valence-corrected chi connectivity index (χ4v) is 1.77. The van der Waals surface area contributed by atoms with Crippen molar-refractivity contribution in [3.63, 3.8) is 0 Å². The summed E-state index contributed by atoms with van der Waals surface area (Å²) in [7, 11) is 0. The molecule has 2 aromatic rings. The van der Waals surface area contributed by atoms with Gasteiger partial charge in [-0.2, -0.15) is 0 Å². The molecule has 0 aliphatic carbocycles. The third-order valence-corrected chi connectivity index (χ3v) is 2.92. The number of aryl methyl sites for hydroxylation is 2. The Hall–Kier alpha value is -1.68. The van der Waals surface area contributed by atoms with Crippen molar-refractivity contribution >= 4 is 16.7 Å². The topological polar surface area (TPSA) is 63.8 Å². The molecule has 4 nitrogen and oxygen atoms in total. The van der Waals surface area contributed by atoms with Gasteiger partial charge in [0.15, 0.2) is 0 Å². The normalized spacial score (nSPS) is 10.8. The van der Waals surface area contributed by atoms with Crippen LogP contribution in [0.5, 0.6) is 0 Å². The molecule has 0 atom stereocenters. The molecule has 3 N–H and O–H groups in total. The highest BCUT2D eigenvalue weighted by Gasteiger charge is 2.04. The number of benzene rings is 1. The van der Waals surface area contributed by atoms with Crippen molar-refractivity contribution in [3.8, 4) is 0 Å². The van der Waals surface area contributed by atoms with E-state index in [1.54, 1.807) is 6.33 Å². The van der Waals surface area contributed by atoms with E-state index in [1.165, 1.54) is 11.1 Å². The number of rotatable bonds is 4. The summed E-state index contributed by atoms with van der Waals surface area (Å²) in [6.07, 6.45) is 2.54. The molecule has 0 saturated heterocycles. The Bertz CT molecular complexity index is 522. The minimum absolute atomic E-state index is 0.689. The number of nitrogens with zero attached hydrogens (tertiary/aromatic N) is 2. The molecule has 0 saturated carbocycles. The second kappa shape index (κ2) is 5.10. The van der Waals surface area contributed by atoms with Gasteiger partial charge in [-0.05, 0) is 50.1 Å². The SMILES string of the molecule is Cc1cc2ncnc(NCCCN)c2cc1C. The molecule has 0 unspecified atom stereocenters. The van der Waals surface area contributed by atoms with Gasteiger partial charge in [0.1, 0.15) is 12.1 Å². The molecule has 2 rings (SSSR count). The number of fused-ring (bicyclic) bond motifs is 1. The maximum atomic E-state index is 5.48. The van der Waals surface area contributed by atoms with Gasteiger partial charge in [0.2, 0.25) is 0 Å². The van der Waals surface area contributed by atoms with Crippen LogP contribution in [-0.4, -0.2) is 23.1 Å². The molecule has 0 aliphatic heterocycles. The van der Waals surface area contributed by atoms with Crippen LogP contribution in [0.1, 0.15) is 17.5 Å². The summed E-state index contributed by atoms with van der Waals surface area (Å²) in [5.74, 6) is 0.895. The molecule has 1 aromatic carbocycles. The van der Waals surface area contributed by atoms with Crippen LogP contribution < -0.4 is 11.1 Å². The van der Waals surface area contributed by atoms with E-state index in [-0.39, 0.29) is 0 Å². The van der Waals surface area contributed by atoms with Gasteiger partial charge in [0.25, 0.3) is 0 Å². The van der Waals surface area contributed by atoms with Gasteiger partial charge in [-0.15, -0.1) is 0 Å². The third-order valence-electron chi connectivity index (χ3n) is 2.92. The summed E-state index contributed by atoms with van der Waals surface area (Å²) in [6.45, 7) is 5.73. The molecule has 1 heterocycles. The lowest BCUT2D eigenvalue weighted by Gasteiger charge is -2.09. The Labute approximate surface area is 101 Å². The number of nitrogens with one attached hydrogen (secondary N) is 1. The summed E-state index contributed by atoms with van der Waals surface area (Å²) in [4.78, 5) is 8.58. The Morgan fingerprint density at radius 2 is 1.94 bits per heavy atom. The second-order valence-corrected chi connectivity index (χ2v) is 4.24. The average molecular weight is 230 g/mol. The number of nitrogens with two attached hydrogens (primary N) is 1. The quantitative estimate of drug-likeness (QED) is 0.789. The summed E-state index contributed by atoms with van der Waals surface area (Å²) in [6, 6.07) is 4.23. The van der Waals surface area contributed by atoms with Crippen LogP contribution in [-0.2, 0) is 0 Å². The van der Waals surface area contributed by atoms with Crippen LogP contribution in [0, 0.1) is 13.8 Å². The van der Waals surface area contributed by atoms with Gasteiger partial charge in [0.05, 0.1) is 5.52 Å². The molecule has 0 fully saturated rings. The minimum atomic E-state index is 0.689. The second-order valence-electron chi connectivity index (χ2n) is 4.24. The van der Waals surface area contributed by atoms with Gasteiger partial charge in [-0.3, -0.25) is 0 Å². The first-order valence-electron chi connectivity index (χ1n) is 5.88. The van der Waals surface area contributed by atoms with E-state index < -0.39 is 0 Å². The molecule has 17 heavy (non-hydrogen) atoms. The molecule has 4 heteroatoms. The average Bonchev–Trinajstić information content (AvgIpc) is 2.32. The predicted octanol–water partition coefficient (Wildman–Crippen LogP) is 2.01. The van der Waals surface area contributed by atoms with Crippen LogP contribution in [0.25, 0.3) is 10.9 Å². The van der Waals surface area contributed by atoms with Crippen molar-refractivity contribution in [3.05, 3.63) is 29.6 Å². The highest BCUT2D eigenvalue weighted by Crippen LogP contribution is 2.22. The highest BCUT2D eigenvalue weighted by molar-refractivity contribution is 5.89. The zero-order valence-electron chi connectivity index (χ0n) is 10.3.